The summed E-state index contributed by atoms with van der Waals surface area (Å²) in [5.41, 5.74) is 0.532. The minimum atomic E-state index is -0.470. The van der Waals surface area contributed by atoms with Crippen LogP contribution in [0.15, 0.2) is 53.5 Å². The number of fused-ring (bicyclic) bond motifs is 1. The number of amides is 2. The molecule has 0 aliphatic rings. The molecule has 2 aromatic heterocycles. The molecule has 0 unspecified atom stereocenters. The van der Waals surface area contributed by atoms with E-state index in [2.05, 4.69) is 20.6 Å². The third kappa shape index (κ3) is 3.64. The number of aromatic hydroxyl groups is 1. The van der Waals surface area contributed by atoms with E-state index in [1.54, 1.807) is 47.4 Å². The first kappa shape index (κ1) is 17.1. The van der Waals surface area contributed by atoms with Gasteiger partial charge in [0.1, 0.15) is 5.75 Å². The highest BCUT2D eigenvalue weighted by molar-refractivity contribution is 7.14. The molecular formula is C18H12N4O3S2. The highest BCUT2D eigenvalue weighted by Crippen LogP contribution is 2.27. The number of phenolic OH excluding ortho intramolecular Hbond substituents is 1. The van der Waals surface area contributed by atoms with E-state index in [0.29, 0.717) is 26.6 Å². The van der Waals surface area contributed by atoms with E-state index in [-0.39, 0.29) is 17.2 Å². The Hall–Kier alpha value is -3.30. The Morgan fingerprint density at radius 1 is 0.852 bits per heavy atom. The highest BCUT2D eigenvalue weighted by Gasteiger charge is 2.15. The third-order valence-electron chi connectivity index (χ3n) is 3.77. The van der Waals surface area contributed by atoms with Crippen LogP contribution in [-0.4, -0.2) is 26.9 Å². The lowest BCUT2D eigenvalue weighted by Crippen LogP contribution is -2.12. The van der Waals surface area contributed by atoms with Gasteiger partial charge in [0.25, 0.3) is 11.8 Å². The maximum atomic E-state index is 12.4. The van der Waals surface area contributed by atoms with Crippen molar-refractivity contribution in [3.63, 3.8) is 0 Å². The van der Waals surface area contributed by atoms with Crippen LogP contribution in [0, 0.1) is 0 Å². The fourth-order valence-electron chi connectivity index (χ4n) is 2.51. The SMILES string of the molecule is O=C(Nc1nccs1)c1ccc2cc(O)c(C(=O)Nc3nccs3)cc2c1. The Bertz CT molecular complexity index is 1130. The van der Waals surface area contributed by atoms with E-state index in [4.69, 9.17) is 0 Å². The maximum absolute atomic E-state index is 12.4. The normalized spacial score (nSPS) is 10.7. The number of anilines is 2. The molecule has 4 aromatic rings. The van der Waals surface area contributed by atoms with Crippen LogP contribution in [0.2, 0.25) is 0 Å². The summed E-state index contributed by atoms with van der Waals surface area (Å²) in [6.45, 7) is 0. The number of thiazole rings is 2. The molecule has 2 aromatic carbocycles. The third-order valence-corrected chi connectivity index (χ3v) is 5.14. The van der Waals surface area contributed by atoms with Gasteiger partial charge in [0.15, 0.2) is 10.3 Å². The Labute approximate surface area is 161 Å². The number of hydrogen-bond donors (Lipinski definition) is 3. The lowest BCUT2D eigenvalue weighted by atomic mass is 10.0. The maximum Gasteiger partial charge on any atom is 0.261 e. The lowest BCUT2D eigenvalue weighted by Gasteiger charge is -2.08. The summed E-state index contributed by atoms with van der Waals surface area (Å²) in [5.74, 6) is -0.910. The molecule has 0 bridgehead atoms. The molecule has 2 amide bonds. The van der Waals surface area contributed by atoms with Crippen LogP contribution in [0.4, 0.5) is 10.3 Å². The van der Waals surface area contributed by atoms with Crippen molar-refractivity contribution in [2.45, 2.75) is 0 Å². The molecule has 0 saturated heterocycles. The Balaban J connectivity index is 1.65. The van der Waals surface area contributed by atoms with Crippen LogP contribution in [0.1, 0.15) is 20.7 Å². The van der Waals surface area contributed by atoms with Crippen LogP contribution in [-0.2, 0) is 0 Å². The zero-order valence-electron chi connectivity index (χ0n) is 13.7. The van der Waals surface area contributed by atoms with Gasteiger partial charge in [0, 0.05) is 28.7 Å². The molecule has 0 saturated carbocycles. The number of benzene rings is 2. The number of carbonyl (C=O) groups excluding carboxylic acids is 2. The zero-order chi connectivity index (χ0) is 18.8. The number of hydrogen-bond acceptors (Lipinski definition) is 7. The number of phenols is 1. The summed E-state index contributed by atoms with van der Waals surface area (Å²) in [5, 5.41) is 21.4. The van der Waals surface area contributed by atoms with E-state index in [9.17, 15) is 14.7 Å². The molecule has 0 aliphatic heterocycles. The monoisotopic (exact) mass is 396 g/mol. The van der Waals surface area contributed by atoms with E-state index in [1.165, 1.54) is 28.7 Å². The molecule has 3 N–H and O–H groups in total. The fraction of sp³-hybridized carbons (Fsp3) is 0. The first-order valence-corrected chi connectivity index (χ1v) is 9.54. The Kier molecular flexibility index (Phi) is 4.53. The summed E-state index contributed by atoms with van der Waals surface area (Å²) in [6, 6.07) is 8.08. The smallest absolute Gasteiger partial charge is 0.261 e. The van der Waals surface area contributed by atoms with Crippen molar-refractivity contribution in [2.75, 3.05) is 10.6 Å². The number of nitrogens with zero attached hydrogens (tertiary/aromatic N) is 2. The van der Waals surface area contributed by atoms with Crippen molar-refractivity contribution in [2.24, 2.45) is 0 Å². The number of aromatic nitrogens is 2. The minimum absolute atomic E-state index is 0.107. The molecule has 0 fully saturated rings. The van der Waals surface area contributed by atoms with Crippen LogP contribution in [0.25, 0.3) is 10.8 Å². The first-order valence-electron chi connectivity index (χ1n) is 7.78. The second-order valence-electron chi connectivity index (χ2n) is 5.51. The van der Waals surface area contributed by atoms with E-state index >= 15 is 0 Å². The topological polar surface area (TPSA) is 104 Å². The number of rotatable bonds is 4. The standard InChI is InChI=1S/C18H12N4O3S2/c23-14-9-10-1-2-11(15(24)21-17-19-3-5-26-17)7-12(10)8-13(14)16(25)22-18-20-4-6-27-18/h1-9,23H,(H,19,21,24)(H,20,22,25). The van der Waals surface area contributed by atoms with Crippen LogP contribution in [0.3, 0.4) is 0 Å². The second kappa shape index (κ2) is 7.14. The van der Waals surface area contributed by atoms with Gasteiger partial charge in [0.05, 0.1) is 5.56 Å². The van der Waals surface area contributed by atoms with Crippen LogP contribution in [0.5, 0.6) is 5.75 Å². The van der Waals surface area contributed by atoms with Gasteiger partial charge in [-0.15, -0.1) is 22.7 Å². The van der Waals surface area contributed by atoms with Crippen LogP contribution >= 0.6 is 22.7 Å². The van der Waals surface area contributed by atoms with Crippen molar-refractivity contribution >= 4 is 55.5 Å². The zero-order valence-corrected chi connectivity index (χ0v) is 15.3. The van der Waals surface area contributed by atoms with E-state index in [1.807, 2.05) is 0 Å². The molecule has 4 rings (SSSR count). The summed E-state index contributed by atoms with van der Waals surface area (Å²) in [4.78, 5) is 32.8. The average Bonchev–Trinajstić information content (AvgIpc) is 3.34. The largest absolute Gasteiger partial charge is 0.507 e. The van der Waals surface area contributed by atoms with Crippen LogP contribution < -0.4 is 10.6 Å². The molecule has 2 heterocycles. The summed E-state index contributed by atoms with van der Waals surface area (Å²) >= 11 is 2.61. The number of nitrogens with one attached hydrogen (secondary N) is 2. The van der Waals surface area contributed by atoms with Crippen molar-refractivity contribution in [1.29, 1.82) is 0 Å². The van der Waals surface area contributed by atoms with Gasteiger partial charge < -0.3 is 5.11 Å². The molecule has 0 radical (unpaired) electrons. The van der Waals surface area contributed by atoms with Gasteiger partial charge >= 0.3 is 0 Å². The minimum Gasteiger partial charge on any atom is -0.507 e. The molecular weight excluding hydrogens is 384 g/mol. The lowest BCUT2D eigenvalue weighted by molar-refractivity contribution is 0.101. The Morgan fingerprint density at radius 2 is 1.52 bits per heavy atom. The summed E-state index contributed by atoms with van der Waals surface area (Å²) in [6.07, 6.45) is 3.19. The van der Waals surface area contributed by atoms with Gasteiger partial charge in [0.2, 0.25) is 0 Å². The van der Waals surface area contributed by atoms with Crippen molar-refractivity contribution in [3.8, 4) is 5.75 Å². The van der Waals surface area contributed by atoms with Crippen molar-refractivity contribution < 1.29 is 14.7 Å². The molecule has 27 heavy (non-hydrogen) atoms. The van der Waals surface area contributed by atoms with Gasteiger partial charge in [-0.1, -0.05) is 6.07 Å². The highest BCUT2D eigenvalue weighted by atomic mass is 32.1. The quantitative estimate of drug-likeness (QED) is 0.484. The van der Waals surface area contributed by atoms with Gasteiger partial charge in [-0.05, 0) is 35.0 Å². The summed E-state index contributed by atoms with van der Waals surface area (Å²) in [7, 11) is 0. The molecule has 0 spiro atoms. The molecule has 0 aliphatic carbocycles. The predicted molar refractivity (Wildman–Crippen MR) is 106 cm³/mol. The molecule has 9 heteroatoms. The molecule has 0 atom stereocenters. The van der Waals surface area contributed by atoms with Gasteiger partial charge in [-0.3, -0.25) is 20.2 Å². The average molecular weight is 396 g/mol. The first-order chi connectivity index (χ1) is 13.1. The molecule has 134 valence electrons. The van der Waals surface area contributed by atoms with E-state index < -0.39 is 5.91 Å². The van der Waals surface area contributed by atoms with Crippen molar-refractivity contribution in [1.82, 2.24) is 9.97 Å². The molecule has 7 nitrogen and oxygen atoms in total. The predicted octanol–water partition coefficient (Wildman–Crippen LogP) is 3.96. The second-order valence-corrected chi connectivity index (χ2v) is 7.30. The van der Waals surface area contributed by atoms with Crippen molar-refractivity contribution in [3.05, 3.63) is 64.6 Å². The summed E-state index contributed by atoms with van der Waals surface area (Å²) < 4.78 is 0. The number of carbonyl (C=O) groups is 2. The Morgan fingerprint density at radius 3 is 2.15 bits per heavy atom. The van der Waals surface area contributed by atoms with Gasteiger partial charge in [-0.25, -0.2) is 9.97 Å². The van der Waals surface area contributed by atoms with E-state index in [0.717, 1.165) is 0 Å². The fourth-order valence-corrected chi connectivity index (χ4v) is 3.56. The van der Waals surface area contributed by atoms with Gasteiger partial charge in [-0.2, -0.15) is 0 Å².